The number of carbonyl (C=O) groups excluding carboxylic acids is 2. The van der Waals surface area contributed by atoms with Crippen LogP contribution in [0, 0.1) is 13.8 Å². The Morgan fingerprint density at radius 1 is 0.793 bits per heavy atom. The van der Waals surface area contributed by atoms with Crippen LogP contribution in [0.25, 0.3) is 5.57 Å². The summed E-state index contributed by atoms with van der Waals surface area (Å²) >= 11 is 6.01. The average molecular weight is 403 g/mol. The molecule has 2 amide bonds. The molecule has 1 N–H and O–H groups in total. The number of imide groups is 1. The molecule has 0 radical (unpaired) electrons. The van der Waals surface area contributed by atoms with Gasteiger partial charge < -0.3 is 5.32 Å². The minimum atomic E-state index is -0.382. The molecule has 5 heteroatoms. The first-order valence-corrected chi connectivity index (χ1v) is 9.62. The van der Waals surface area contributed by atoms with Crippen molar-refractivity contribution in [1.82, 2.24) is 0 Å². The Hall–Kier alpha value is -3.37. The highest BCUT2D eigenvalue weighted by atomic mass is 35.5. The van der Waals surface area contributed by atoms with Crippen LogP contribution >= 0.6 is 11.6 Å². The molecule has 0 saturated heterocycles. The van der Waals surface area contributed by atoms with Crippen molar-refractivity contribution < 1.29 is 9.59 Å². The molecular formula is C24H19ClN2O2. The van der Waals surface area contributed by atoms with Gasteiger partial charge in [0.1, 0.15) is 5.70 Å². The molecule has 1 aliphatic rings. The predicted molar refractivity (Wildman–Crippen MR) is 117 cm³/mol. The SMILES string of the molecule is Cc1ccc(N2C(=O)C(Nc3ccccc3)=C(c3ccc(Cl)cc3)C2=O)cc1C. The van der Waals surface area contributed by atoms with Crippen molar-refractivity contribution in [3.8, 4) is 0 Å². The highest BCUT2D eigenvalue weighted by molar-refractivity contribution is 6.46. The maximum absolute atomic E-state index is 13.4. The van der Waals surface area contributed by atoms with Gasteiger partial charge in [0.05, 0.1) is 11.3 Å². The van der Waals surface area contributed by atoms with Crippen molar-refractivity contribution in [2.45, 2.75) is 13.8 Å². The van der Waals surface area contributed by atoms with E-state index >= 15 is 0 Å². The smallest absolute Gasteiger partial charge is 0.282 e. The molecule has 0 fully saturated rings. The quantitative estimate of drug-likeness (QED) is 0.598. The van der Waals surface area contributed by atoms with Crippen molar-refractivity contribution in [2.75, 3.05) is 10.2 Å². The summed E-state index contributed by atoms with van der Waals surface area (Å²) in [4.78, 5) is 27.9. The first-order chi connectivity index (χ1) is 14.0. The average Bonchev–Trinajstić information content (AvgIpc) is 2.95. The molecule has 4 nitrogen and oxygen atoms in total. The summed E-state index contributed by atoms with van der Waals surface area (Å²) in [7, 11) is 0. The standard InChI is InChI=1S/C24H19ClN2O2/c1-15-8-13-20(14-16(15)2)27-23(28)21(17-9-11-18(25)12-10-17)22(24(27)29)26-19-6-4-3-5-7-19/h3-14,26H,1-2H3. The van der Waals surface area contributed by atoms with E-state index in [1.165, 1.54) is 4.90 Å². The van der Waals surface area contributed by atoms with Gasteiger partial charge in [0.25, 0.3) is 11.8 Å². The minimum Gasteiger partial charge on any atom is -0.350 e. The molecule has 0 aliphatic carbocycles. The molecule has 0 spiro atoms. The fourth-order valence-electron chi connectivity index (χ4n) is 3.30. The van der Waals surface area contributed by atoms with Gasteiger partial charge in [0.2, 0.25) is 0 Å². The fourth-order valence-corrected chi connectivity index (χ4v) is 3.42. The summed E-state index contributed by atoms with van der Waals surface area (Å²) in [6.45, 7) is 3.95. The molecule has 3 aromatic carbocycles. The van der Waals surface area contributed by atoms with Crippen molar-refractivity contribution >= 4 is 40.4 Å². The lowest BCUT2D eigenvalue weighted by Crippen LogP contribution is -2.32. The lowest BCUT2D eigenvalue weighted by molar-refractivity contribution is -0.120. The van der Waals surface area contributed by atoms with Gasteiger partial charge in [-0.15, -0.1) is 0 Å². The highest BCUT2D eigenvalue weighted by Gasteiger charge is 2.40. The van der Waals surface area contributed by atoms with E-state index in [0.29, 0.717) is 21.8 Å². The molecule has 0 saturated carbocycles. The second-order valence-electron chi connectivity index (χ2n) is 6.96. The third kappa shape index (κ3) is 3.55. The molecule has 144 valence electrons. The van der Waals surface area contributed by atoms with Gasteiger partial charge in [-0.05, 0) is 66.9 Å². The van der Waals surface area contributed by atoms with Crippen molar-refractivity contribution in [3.05, 3.63) is 100 Å². The van der Waals surface area contributed by atoms with Crippen LogP contribution < -0.4 is 10.2 Å². The number of carbonyl (C=O) groups is 2. The lowest BCUT2D eigenvalue weighted by atomic mass is 10.0. The zero-order chi connectivity index (χ0) is 20.5. The van der Waals surface area contributed by atoms with Gasteiger partial charge in [0, 0.05) is 10.7 Å². The lowest BCUT2D eigenvalue weighted by Gasteiger charge is -2.17. The number of aryl methyl sites for hydroxylation is 2. The molecule has 3 aromatic rings. The second-order valence-corrected chi connectivity index (χ2v) is 7.40. The van der Waals surface area contributed by atoms with E-state index in [2.05, 4.69) is 5.32 Å². The van der Waals surface area contributed by atoms with Crippen LogP contribution in [0.3, 0.4) is 0 Å². The highest BCUT2D eigenvalue weighted by Crippen LogP contribution is 2.34. The summed E-state index contributed by atoms with van der Waals surface area (Å²) in [6, 6.07) is 21.8. The number of nitrogens with one attached hydrogen (secondary N) is 1. The molecule has 0 atom stereocenters. The molecule has 0 bridgehead atoms. The van der Waals surface area contributed by atoms with Crippen LogP contribution in [-0.2, 0) is 9.59 Å². The van der Waals surface area contributed by atoms with E-state index in [-0.39, 0.29) is 17.5 Å². The third-order valence-electron chi connectivity index (χ3n) is 5.01. The number of hydrogen-bond donors (Lipinski definition) is 1. The summed E-state index contributed by atoms with van der Waals surface area (Å²) in [5.74, 6) is -0.744. The number of anilines is 2. The van der Waals surface area contributed by atoms with Crippen LogP contribution in [0.2, 0.25) is 5.02 Å². The fraction of sp³-hybridized carbons (Fsp3) is 0.0833. The van der Waals surface area contributed by atoms with Gasteiger partial charge >= 0.3 is 0 Å². The Bertz CT molecular complexity index is 1140. The normalized spacial score (nSPS) is 14.0. The molecule has 29 heavy (non-hydrogen) atoms. The third-order valence-corrected chi connectivity index (χ3v) is 5.26. The Labute approximate surface area is 174 Å². The maximum Gasteiger partial charge on any atom is 0.282 e. The van der Waals surface area contributed by atoms with E-state index in [4.69, 9.17) is 11.6 Å². The van der Waals surface area contributed by atoms with Crippen LogP contribution in [0.1, 0.15) is 16.7 Å². The Morgan fingerprint density at radius 2 is 1.48 bits per heavy atom. The Balaban J connectivity index is 1.83. The Morgan fingerprint density at radius 3 is 2.14 bits per heavy atom. The summed E-state index contributed by atoms with van der Waals surface area (Å²) < 4.78 is 0. The number of halogens is 1. The summed E-state index contributed by atoms with van der Waals surface area (Å²) in [5.41, 5.74) is 4.62. The van der Waals surface area contributed by atoms with Gasteiger partial charge in [-0.2, -0.15) is 0 Å². The number of para-hydroxylation sites is 1. The second kappa shape index (κ2) is 7.57. The van der Waals surface area contributed by atoms with Crippen LogP contribution in [0.15, 0.2) is 78.5 Å². The molecule has 1 aliphatic heterocycles. The minimum absolute atomic E-state index is 0.252. The zero-order valence-electron chi connectivity index (χ0n) is 16.1. The monoisotopic (exact) mass is 402 g/mol. The molecule has 0 aromatic heterocycles. The Kier molecular flexibility index (Phi) is 4.95. The van der Waals surface area contributed by atoms with Gasteiger partial charge in [-0.25, -0.2) is 4.90 Å². The van der Waals surface area contributed by atoms with E-state index in [1.807, 2.05) is 56.3 Å². The molecule has 4 rings (SSSR count). The van der Waals surface area contributed by atoms with Gasteiger partial charge in [-0.3, -0.25) is 9.59 Å². The van der Waals surface area contributed by atoms with E-state index < -0.39 is 0 Å². The number of benzene rings is 3. The predicted octanol–water partition coefficient (Wildman–Crippen LogP) is 5.35. The summed E-state index contributed by atoms with van der Waals surface area (Å²) in [6.07, 6.45) is 0. The first-order valence-electron chi connectivity index (χ1n) is 9.24. The molecule has 0 unspecified atom stereocenters. The van der Waals surface area contributed by atoms with Crippen molar-refractivity contribution in [3.63, 3.8) is 0 Å². The first kappa shape index (κ1) is 19.0. The topological polar surface area (TPSA) is 49.4 Å². The number of rotatable bonds is 4. The van der Waals surface area contributed by atoms with Gasteiger partial charge in [0.15, 0.2) is 0 Å². The van der Waals surface area contributed by atoms with E-state index in [1.54, 1.807) is 30.3 Å². The maximum atomic E-state index is 13.4. The summed E-state index contributed by atoms with van der Waals surface area (Å²) in [5, 5.41) is 3.71. The van der Waals surface area contributed by atoms with E-state index in [9.17, 15) is 9.59 Å². The van der Waals surface area contributed by atoms with Gasteiger partial charge in [-0.1, -0.05) is 48.0 Å². The van der Waals surface area contributed by atoms with Crippen LogP contribution in [0.5, 0.6) is 0 Å². The number of hydrogen-bond acceptors (Lipinski definition) is 3. The zero-order valence-corrected chi connectivity index (χ0v) is 16.8. The largest absolute Gasteiger partial charge is 0.350 e. The number of nitrogens with zero attached hydrogens (tertiary/aromatic N) is 1. The van der Waals surface area contributed by atoms with Crippen LogP contribution in [0.4, 0.5) is 11.4 Å². The van der Waals surface area contributed by atoms with Crippen LogP contribution in [-0.4, -0.2) is 11.8 Å². The molecular weight excluding hydrogens is 384 g/mol. The number of amides is 2. The van der Waals surface area contributed by atoms with Crippen molar-refractivity contribution in [2.24, 2.45) is 0 Å². The van der Waals surface area contributed by atoms with Crippen molar-refractivity contribution in [1.29, 1.82) is 0 Å². The molecule has 1 heterocycles. The van der Waals surface area contributed by atoms with E-state index in [0.717, 1.165) is 16.8 Å².